The lowest BCUT2D eigenvalue weighted by Gasteiger charge is -1.79. The normalized spacial score (nSPS) is 7.64. The minimum Gasteiger partial charge on any atom is -0.388 e. The first-order valence-electron chi connectivity index (χ1n) is 4.46. The molecule has 0 heterocycles. The van der Waals surface area contributed by atoms with Crippen LogP contribution in [0.15, 0.2) is 0 Å². The average Bonchev–Trinajstić information content (AvgIpc) is 1.88. The second-order valence-electron chi connectivity index (χ2n) is 3.14. The molecule has 0 saturated carbocycles. The molecular weight excluding hydrogens is 136 g/mol. The van der Waals surface area contributed by atoms with E-state index in [0.717, 1.165) is 5.92 Å². The van der Waals surface area contributed by atoms with Crippen LogP contribution in [0.5, 0.6) is 0 Å². The molecule has 0 aromatic rings. The molecule has 11 heavy (non-hydrogen) atoms. The molecule has 0 aliphatic rings. The Balaban J connectivity index is -0.0000000886. The van der Waals surface area contributed by atoms with Gasteiger partial charge in [0.2, 0.25) is 0 Å². The Labute approximate surface area is 73.1 Å². The zero-order chi connectivity index (χ0) is 9.70. The molecule has 0 radical (unpaired) electrons. The molecule has 0 fully saturated rings. The van der Waals surface area contributed by atoms with Crippen molar-refractivity contribution < 1.29 is 4.74 Å². The summed E-state index contributed by atoms with van der Waals surface area (Å²) < 4.78 is 4.25. The molecule has 0 aliphatic carbocycles. The predicted octanol–water partition coefficient (Wildman–Crippen LogP) is 3.73. The number of ether oxygens (including phenoxy) is 1. The number of hydrogen-bond donors (Lipinski definition) is 0. The lowest BCUT2D eigenvalue weighted by atomic mass is 10.3. The van der Waals surface area contributed by atoms with Crippen LogP contribution in [0, 0.1) is 5.92 Å². The van der Waals surface area contributed by atoms with Gasteiger partial charge in [-0.1, -0.05) is 47.5 Å². The SMILES string of the molecule is CC(C)C.CCCC.COC. The second kappa shape index (κ2) is 22.5. The first-order valence-corrected chi connectivity index (χ1v) is 4.46. The van der Waals surface area contributed by atoms with Crippen molar-refractivity contribution in [2.75, 3.05) is 14.2 Å². The molecule has 0 saturated heterocycles. The van der Waals surface area contributed by atoms with Gasteiger partial charge in [0.15, 0.2) is 0 Å². The highest BCUT2D eigenvalue weighted by molar-refractivity contribution is 4.20. The molecule has 1 heteroatoms. The third-order valence-corrected chi connectivity index (χ3v) is 0.500. The third-order valence-electron chi connectivity index (χ3n) is 0.500. The Bertz CT molecular complexity index is 29.1. The van der Waals surface area contributed by atoms with Crippen molar-refractivity contribution in [3.05, 3.63) is 0 Å². The van der Waals surface area contributed by atoms with Gasteiger partial charge < -0.3 is 4.74 Å². The predicted molar refractivity (Wildman–Crippen MR) is 54.0 cm³/mol. The van der Waals surface area contributed by atoms with Gasteiger partial charge in [-0.15, -0.1) is 0 Å². The summed E-state index contributed by atoms with van der Waals surface area (Å²) in [6.45, 7) is 10.9. The molecule has 0 aromatic carbocycles. The van der Waals surface area contributed by atoms with Crippen LogP contribution in [0.1, 0.15) is 47.5 Å². The standard InChI is InChI=1S/2C4H10.C2H6O/c1-4(2)3;1-3-4-2;1-3-2/h4H,1-3H3;3-4H2,1-2H3;1-2H3. The Morgan fingerprint density at radius 2 is 1.00 bits per heavy atom. The molecule has 0 atom stereocenters. The molecule has 0 unspecified atom stereocenters. The minimum atomic E-state index is 0.833. The van der Waals surface area contributed by atoms with Gasteiger partial charge in [0, 0.05) is 14.2 Å². The zero-order valence-corrected chi connectivity index (χ0v) is 9.40. The zero-order valence-electron chi connectivity index (χ0n) is 9.40. The van der Waals surface area contributed by atoms with Crippen LogP contribution in [-0.4, -0.2) is 14.2 Å². The fraction of sp³-hybridized carbons (Fsp3) is 1.00. The Morgan fingerprint density at radius 3 is 1.00 bits per heavy atom. The second-order valence-corrected chi connectivity index (χ2v) is 3.14. The van der Waals surface area contributed by atoms with E-state index < -0.39 is 0 Å². The van der Waals surface area contributed by atoms with Gasteiger partial charge in [-0.05, 0) is 5.92 Å². The van der Waals surface area contributed by atoms with Crippen LogP contribution < -0.4 is 0 Å². The molecule has 0 rings (SSSR count). The highest BCUT2D eigenvalue weighted by atomic mass is 16.4. The summed E-state index contributed by atoms with van der Waals surface area (Å²) in [7, 11) is 3.25. The van der Waals surface area contributed by atoms with Gasteiger partial charge in [0.25, 0.3) is 0 Å². The Hall–Kier alpha value is -0.0400. The van der Waals surface area contributed by atoms with Crippen molar-refractivity contribution in [1.82, 2.24) is 0 Å². The van der Waals surface area contributed by atoms with Crippen molar-refractivity contribution >= 4 is 0 Å². The van der Waals surface area contributed by atoms with Gasteiger partial charge in [0.1, 0.15) is 0 Å². The summed E-state index contributed by atoms with van der Waals surface area (Å²) >= 11 is 0. The van der Waals surface area contributed by atoms with E-state index in [1.165, 1.54) is 12.8 Å². The van der Waals surface area contributed by atoms with Crippen molar-refractivity contribution in [1.29, 1.82) is 0 Å². The van der Waals surface area contributed by atoms with E-state index in [-0.39, 0.29) is 0 Å². The summed E-state index contributed by atoms with van der Waals surface area (Å²) in [5.74, 6) is 0.833. The summed E-state index contributed by atoms with van der Waals surface area (Å²) in [4.78, 5) is 0. The molecule has 0 aromatic heterocycles. The smallest absolute Gasteiger partial charge is 0.0351 e. The molecule has 1 nitrogen and oxygen atoms in total. The van der Waals surface area contributed by atoms with Crippen molar-refractivity contribution in [2.45, 2.75) is 47.5 Å². The number of unbranched alkanes of at least 4 members (excludes halogenated alkanes) is 1. The summed E-state index contributed by atoms with van der Waals surface area (Å²) in [6, 6.07) is 0. The van der Waals surface area contributed by atoms with E-state index in [1.807, 2.05) is 0 Å². The fourth-order valence-corrected chi connectivity index (χ4v) is 0. The first kappa shape index (κ1) is 17.2. The topological polar surface area (TPSA) is 9.23 Å². The van der Waals surface area contributed by atoms with Crippen LogP contribution in [0.3, 0.4) is 0 Å². The Kier molecular flexibility index (Phi) is 35.1. The van der Waals surface area contributed by atoms with Crippen LogP contribution in [0.25, 0.3) is 0 Å². The number of hydrogen-bond acceptors (Lipinski definition) is 1. The van der Waals surface area contributed by atoms with Gasteiger partial charge >= 0.3 is 0 Å². The monoisotopic (exact) mass is 162 g/mol. The van der Waals surface area contributed by atoms with E-state index in [1.54, 1.807) is 14.2 Å². The fourth-order valence-electron chi connectivity index (χ4n) is 0. The van der Waals surface area contributed by atoms with E-state index in [4.69, 9.17) is 0 Å². The molecule has 0 aliphatic heterocycles. The Morgan fingerprint density at radius 1 is 0.909 bits per heavy atom. The van der Waals surface area contributed by atoms with Crippen LogP contribution in [0.2, 0.25) is 0 Å². The van der Waals surface area contributed by atoms with Gasteiger partial charge in [0.05, 0.1) is 0 Å². The molecule has 0 bridgehead atoms. The van der Waals surface area contributed by atoms with Crippen LogP contribution >= 0.6 is 0 Å². The van der Waals surface area contributed by atoms with Crippen LogP contribution in [-0.2, 0) is 4.74 Å². The molecule has 0 N–H and O–H groups in total. The quantitative estimate of drug-likeness (QED) is 0.571. The van der Waals surface area contributed by atoms with E-state index in [2.05, 4.69) is 39.4 Å². The first-order chi connectivity index (χ1) is 5.06. The molecular formula is C10H26O. The van der Waals surface area contributed by atoms with Gasteiger partial charge in [-0.3, -0.25) is 0 Å². The third kappa shape index (κ3) is 685. The lowest BCUT2D eigenvalue weighted by molar-refractivity contribution is 0.277. The maximum absolute atomic E-state index is 4.25. The highest BCUT2D eigenvalue weighted by Gasteiger charge is 1.68. The lowest BCUT2D eigenvalue weighted by Crippen LogP contribution is -1.66. The number of methoxy groups -OCH3 is 1. The molecule has 0 spiro atoms. The van der Waals surface area contributed by atoms with E-state index >= 15 is 0 Å². The van der Waals surface area contributed by atoms with Crippen molar-refractivity contribution in [3.63, 3.8) is 0 Å². The summed E-state index contributed by atoms with van der Waals surface area (Å²) in [5, 5.41) is 0. The maximum atomic E-state index is 4.25. The van der Waals surface area contributed by atoms with Gasteiger partial charge in [-0.2, -0.15) is 0 Å². The number of rotatable bonds is 1. The molecule has 72 valence electrons. The minimum absolute atomic E-state index is 0.833. The largest absolute Gasteiger partial charge is 0.388 e. The molecule has 0 amide bonds. The van der Waals surface area contributed by atoms with Crippen LogP contribution in [0.4, 0.5) is 0 Å². The summed E-state index contributed by atoms with van der Waals surface area (Å²) in [6.07, 6.45) is 2.64. The highest BCUT2D eigenvalue weighted by Crippen LogP contribution is 1.81. The van der Waals surface area contributed by atoms with E-state index in [9.17, 15) is 0 Å². The summed E-state index contributed by atoms with van der Waals surface area (Å²) in [5.41, 5.74) is 0. The van der Waals surface area contributed by atoms with Crippen molar-refractivity contribution in [2.24, 2.45) is 5.92 Å². The van der Waals surface area contributed by atoms with E-state index in [0.29, 0.717) is 0 Å². The average molecular weight is 162 g/mol. The van der Waals surface area contributed by atoms with Crippen molar-refractivity contribution in [3.8, 4) is 0 Å². The van der Waals surface area contributed by atoms with Gasteiger partial charge in [-0.25, -0.2) is 0 Å². The maximum Gasteiger partial charge on any atom is 0.0351 e.